The van der Waals surface area contributed by atoms with Crippen LogP contribution in [-0.2, 0) is 0 Å². The van der Waals surface area contributed by atoms with Crippen LogP contribution < -0.4 is 5.73 Å². The first-order valence-corrected chi connectivity index (χ1v) is 7.07. The molecular formula is C14H28N2. The van der Waals surface area contributed by atoms with Crippen LogP contribution in [0.4, 0.5) is 0 Å². The molecule has 0 aromatic carbocycles. The molecule has 0 aromatic heterocycles. The number of nitrogens with zero attached hydrogens (tertiary/aromatic N) is 1. The molecule has 1 saturated carbocycles. The molecule has 16 heavy (non-hydrogen) atoms. The van der Waals surface area contributed by atoms with Gasteiger partial charge in [0.05, 0.1) is 5.84 Å². The zero-order chi connectivity index (χ0) is 11.8. The fourth-order valence-electron chi connectivity index (χ4n) is 2.50. The maximum absolute atomic E-state index is 6.06. The molecule has 2 nitrogen and oxygen atoms in total. The lowest BCUT2D eigenvalue weighted by Gasteiger charge is -2.13. The van der Waals surface area contributed by atoms with E-state index >= 15 is 0 Å². The second-order valence-electron chi connectivity index (χ2n) is 5.16. The van der Waals surface area contributed by atoms with Gasteiger partial charge < -0.3 is 5.73 Å². The third-order valence-electron chi connectivity index (χ3n) is 3.85. The van der Waals surface area contributed by atoms with Crippen molar-refractivity contribution < 1.29 is 0 Å². The first-order valence-electron chi connectivity index (χ1n) is 7.07. The van der Waals surface area contributed by atoms with Crippen LogP contribution in [0.15, 0.2) is 4.99 Å². The number of rotatable bonds is 7. The first kappa shape index (κ1) is 13.5. The van der Waals surface area contributed by atoms with Crippen molar-refractivity contribution in [2.75, 3.05) is 6.54 Å². The Bertz CT molecular complexity index is 205. The third kappa shape index (κ3) is 4.54. The minimum Gasteiger partial charge on any atom is -0.387 e. The van der Waals surface area contributed by atoms with Crippen molar-refractivity contribution in [1.82, 2.24) is 0 Å². The van der Waals surface area contributed by atoms with Gasteiger partial charge in [0.15, 0.2) is 0 Å². The van der Waals surface area contributed by atoms with E-state index in [0.717, 1.165) is 18.3 Å². The van der Waals surface area contributed by atoms with Gasteiger partial charge in [-0.15, -0.1) is 0 Å². The predicted molar refractivity (Wildman–Crippen MR) is 71.8 cm³/mol. The van der Waals surface area contributed by atoms with Crippen molar-refractivity contribution >= 4 is 5.84 Å². The highest BCUT2D eigenvalue weighted by atomic mass is 14.9. The molecule has 1 fully saturated rings. The van der Waals surface area contributed by atoms with Crippen LogP contribution in [0.25, 0.3) is 0 Å². The second-order valence-corrected chi connectivity index (χ2v) is 5.16. The molecule has 0 spiro atoms. The van der Waals surface area contributed by atoms with E-state index in [1.54, 1.807) is 0 Å². The van der Waals surface area contributed by atoms with Gasteiger partial charge in [0.2, 0.25) is 0 Å². The van der Waals surface area contributed by atoms with Crippen LogP contribution in [0.5, 0.6) is 0 Å². The first-order chi connectivity index (χ1) is 7.77. The summed E-state index contributed by atoms with van der Waals surface area (Å²) in [4.78, 5) is 4.62. The molecule has 0 bridgehead atoms. The Labute approximate surface area is 101 Å². The van der Waals surface area contributed by atoms with Crippen molar-refractivity contribution in [1.29, 1.82) is 0 Å². The van der Waals surface area contributed by atoms with Gasteiger partial charge >= 0.3 is 0 Å². The molecule has 0 aliphatic heterocycles. The van der Waals surface area contributed by atoms with E-state index in [0.29, 0.717) is 5.92 Å². The molecule has 0 aromatic rings. The highest BCUT2D eigenvalue weighted by Gasteiger charge is 2.18. The van der Waals surface area contributed by atoms with Gasteiger partial charge in [-0.05, 0) is 25.2 Å². The summed E-state index contributed by atoms with van der Waals surface area (Å²) in [5, 5.41) is 0. The summed E-state index contributed by atoms with van der Waals surface area (Å²) in [6, 6.07) is 0. The summed E-state index contributed by atoms with van der Waals surface area (Å²) < 4.78 is 0. The molecule has 2 N–H and O–H groups in total. The van der Waals surface area contributed by atoms with Crippen LogP contribution >= 0.6 is 0 Å². The van der Waals surface area contributed by atoms with E-state index in [1.807, 2.05) is 0 Å². The normalized spacial score (nSPS) is 20.2. The van der Waals surface area contributed by atoms with Crippen LogP contribution in [-0.4, -0.2) is 12.4 Å². The Balaban J connectivity index is 2.30. The summed E-state index contributed by atoms with van der Waals surface area (Å²) in [6.45, 7) is 5.48. The fraction of sp³-hybridized carbons (Fsp3) is 0.929. The molecule has 1 atom stereocenters. The molecule has 1 rings (SSSR count). The number of hydrogen-bond donors (Lipinski definition) is 1. The highest BCUT2D eigenvalue weighted by molar-refractivity contribution is 5.83. The number of unbranched alkanes of at least 4 members (excludes halogenated alkanes) is 1. The monoisotopic (exact) mass is 224 g/mol. The number of nitrogens with two attached hydrogens (primary N) is 1. The largest absolute Gasteiger partial charge is 0.387 e. The van der Waals surface area contributed by atoms with Crippen molar-refractivity contribution in [3.05, 3.63) is 0 Å². The van der Waals surface area contributed by atoms with Gasteiger partial charge in [0.25, 0.3) is 0 Å². The summed E-state index contributed by atoms with van der Waals surface area (Å²) >= 11 is 0. The molecule has 1 aliphatic rings. The maximum Gasteiger partial charge on any atom is 0.0968 e. The van der Waals surface area contributed by atoms with Crippen molar-refractivity contribution in [2.24, 2.45) is 22.6 Å². The SMILES string of the molecule is CCCCC(CC)CN=C(N)C1CCCC1. The summed E-state index contributed by atoms with van der Waals surface area (Å²) in [7, 11) is 0. The van der Waals surface area contributed by atoms with Crippen LogP contribution in [0.3, 0.4) is 0 Å². The minimum atomic E-state index is 0.601. The molecular weight excluding hydrogens is 196 g/mol. The topological polar surface area (TPSA) is 38.4 Å². The van der Waals surface area contributed by atoms with Crippen molar-refractivity contribution in [3.8, 4) is 0 Å². The predicted octanol–water partition coefficient (Wildman–Crippen LogP) is 3.75. The Hall–Kier alpha value is -0.530. The smallest absolute Gasteiger partial charge is 0.0968 e. The van der Waals surface area contributed by atoms with Gasteiger partial charge in [-0.25, -0.2) is 0 Å². The van der Waals surface area contributed by atoms with E-state index in [9.17, 15) is 0 Å². The molecule has 0 radical (unpaired) electrons. The van der Waals surface area contributed by atoms with Crippen molar-refractivity contribution in [2.45, 2.75) is 65.2 Å². The molecule has 2 heteroatoms. The van der Waals surface area contributed by atoms with Gasteiger partial charge in [-0.1, -0.05) is 46.0 Å². The van der Waals surface area contributed by atoms with E-state index in [4.69, 9.17) is 5.73 Å². The third-order valence-corrected chi connectivity index (χ3v) is 3.85. The summed E-state index contributed by atoms with van der Waals surface area (Å²) in [6.07, 6.45) is 10.4. The van der Waals surface area contributed by atoms with Gasteiger partial charge in [0.1, 0.15) is 0 Å². The van der Waals surface area contributed by atoms with Crippen LogP contribution in [0.2, 0.25) is 0 Å². The van der Waals surface area contributed by atoms with Gasteiger partial charge in [0, 0.05) is 12.5 Å². The zero-order valence-corrected chi connectivity index (χ0v) is 11.0. The highest BCUT2D eigenvalue weighted by Crippen LogP contribution is 2.25. The molecule has 1 unspecified atom stereocenters. The lowest BCUT2D eigenvalue weighted by Crippen LogP contribution is -2.22. The number of aliphatic imine (C=N–C) groups is 1. The van der Waals surface area contributed by atoms with Gasteiger partial charge in [-0.3, -0.25) is 4.99 Å². The molecule has 0 saturated heterocycles. The van der Waals surface area contributed by atoms with E-state index in [1.165, 1.54) is 51.4 Å². The quantitative estimate of drug-likeness (QED) is 0.519. The molecule has 1 aliphatic carbocycles. The van der Waals surface area contributed by atoms with E-state index < -0.39 is 0 Å². The summed E-state index contributed by atoms with van der Waals surface area (Å²) in [5.41, 5.74) is 6.06. The van der Waals surface area contributed by atoms with E-state index in [-0.39, 0.29) is 0 Å². The van der Waals surface area contributed by atoms with E-state index in [2.05, 4.69) is 18.8 Å². The second kappa shape index (κ2) is 7.70. The average molecular weight is 224 g/mol. The van der Waals surface area contributed by atoms with Crippen molar-refractivity contribution in [3.63, 3.8) is 0 Å². The molecule has 94 valence electrons. The zero-order valence-electron chi connectivity index (χ0n) is 11.0. The molecule has 0 heterocycles. The fourth-order valence-corrected chi connectivity index (χ4v) is 2.50. The lowest BCUT2D eigenvalue weighted by atomic mass is 9.99. The molecule has 0 amide bonds. The standard InChI is InChI=1S/C14H28N2/c1-3-5-8-12(4-2)11-16-14(15)13-9-6-7-10-13/h12-13H,3-11H2,1-2H3,(H2,15,16). The maximum atomic E-state index is 6.06. The van der Waals surface area contributed by atoms with Gasteiger partial charge in [-0.2, -0.15) is 0 Å². The summed E-state index contributed by atoms with van der Waals surface area (Å²) in [5.74, 6) is 2.29. The van der Waals surface area contributed by atoms with Crippen LogP contribution in [0, 0.1) is 11.8 Å². The number of hydrogen-bond acceptors (Lipinski definition) is 1. The Morgan fingerprint density at radius 3 is 2.56 bits per heavy atom. The Morgan fingerprint density at radius 1 is 1.31 bits per heavy atom. The Morgan fingerprint density at radius 2 is 2.00 bits per heavy atom. The Kier molecular flexibility index (Phi) is 6.51. The number of amidine groups is 1. The minimum absolute atomic E-state index is 0.601. The lowest BCUT2D eigenvalue weighted by molar-refractivity contribution is 0.461. The average Bonchev–Trinajstić information content (AvgIpc) is 2.82. The van der Waals surface area contributed by atoms with Crippen LogP contribution in [0.1, 0.15) is 65.2 Å².